The summed E-state index contributed by atoms with van der Waals surface area (Å²) in [5.41, 5.74) is 3.18. The Hall–Kier alpha value is -1.26. The van der Waals surface area contributed by atoms with Crippen LogP contribution in [0.15, 0.2) is 18.5 Å². The van der Waals surface area contributed by atoms with E-state index in [1.807, 2.05) is 20.0 Å². The molecule has 1 N–H and O–H groups in total. The first-order chi connectivity index (χ1) is 7.20. The van der Waals surface area contributed by atoms with Crippen molar-refractivity contribution in [1.82, 2.24) is 9.97 Å². The number of nitrogens with zero attached hydrogens (tertiary/aromatic N) is 2. The van der Waals surface area contributed by atoms with Crippen LogP contribution in [0.3, 0.4) is 0 Å². The molecular formula is C11H12N2OS. The quantitative estimate of drug-likeness (QED) is 0.844. The minimum absolute atomic E-state index is 0.0442. The van der Waals surface area contributed by atoms with Gasteiger partial charge >= 0.3 is 0 Å². The van der Waals surface area contributed by atoms with Gasteiger partial charge in [0.15, 0.2) is 0 Å². The monoisotopic (exact) mass is 220 g/mol. The van der Waals surface area contributed by atoms with Gasteiger partial charge in [-0.15, -0.1) is 11.3 Å². The number of hydrogen-bond donors (Lipinski definition) is 1. The van der Waals surface area contributed by atoms with E-state index in [1.165, 1.54) is 11.3 Å². The average molecular weight is 220 g/mol. The first-order valence-electron chi connectivity index (χ1n) is 4.70. The Kier molecular flexibility index (Phi) is 2.79. The van der Waals surface area contributed by atoms with Gasteiger partial charge < -0.3 is 5.11 Å². The van der Waals surface area contributed by atoms with E-state index in [1.54, 1.807) is 6.20 Å². The summed E-state index contributed by atoms with van der Waals surface area (Å²) in [6, 6.07) is 2.09. The zero-order chi connectivity index (χ0) is 10.8. The average Bonchev–Trinajstić information content (AvgIpc) is 2.66. The van der Waals surface area contributed by atoms with Gasteiger partial charge in [0, 0.05) is 12.4 Å². The predicted octanol–water partition coefficient (Wildman–Crippen LogP) is 2.31. The molecule has 0 saturated heterocycles. The summed E-state index contributed by atoms with van der Waals surface area (Å²) < 4.78 is 0. The lowest BCUT2D eigenvalue weighted by molar-refractivity contribution is 0.285. The van der Waals surface area contributed by atoms with Gasteiger partial charge in [-0.3, -0.25) is 4.98 Å². The van der Waals surface area contributed by atoms with Crippen LogP contribution in [0, 0.1) is 13.8 Å². The van der Waals surface area contributed by atoms with Crippen molar-refractivity contribution in [3.05, 3.63) is 34.5 Å². The maximum absolute atomic E-state index is 8.96. The molecule has 0 unspecified atom stereocenters. The van der Waals surface area contributed by atoms with Crippen LogP contribution in [0.2, 0.25) is 0 Å². The third-order valence-electron chi connectivity index (χ3n) is 2.13. The topological polar surface area (TPSA) is 46.0 Å². The Morgan fingerprint density at radius 2 is 2.07 bits per heavy atom. The molecular weight excluding hydrogens is 208 g/mol. The van der Waals surface area contributed by atoms with E-state index >= 15 is 0 Å². The number of aryl methyl sites for hydroxylation is 2. The molecule has 0 fully saturated rings. The molecule has 4 heteroatoms. The highest BCUT2D eigenvalue weighted by Gasteiger charge is 2.08. The van der Waals surface area contributed by atoms with Gasteiger partial charge in [0.05, 0.1) is 11.5 Å². The summed E-state index contributed by atoms with van der Waals surface area (Å²) in [5.74, 6) is 0. The summed E-state index contributed by atoms with van der Waals surface area (Å²) in [5, 5.41) is 9.83. The van der Waals surface area contributed by atoms with Crippen molar-refractivity contribution < 1.29 is 5.11 Å². The lowest BCUT2D eigenvalue weighted by Crippen LogP contribution is -1.88. The van der Waals surface area contributed by atoms with Gasteiger partial charge in [0.2, 0.25) is 0 Å². The van der Waals surface area contributed by atoms with Crippen LogP contribution < -0.4 is 0 Å². The molecule has 3 nitrogen and oxygen atoms in total. The molecule has 2 heterocycles. The highest BCUT2D eigenvalue weighted by molar-refractivity contribution is 7.14. The van der Waals surface area contributed by atoms with Crippen molar-refractivity contribution in [3.8, 4) is 10.7 Å². The molecule has 78 valence electrons. The Morgan fingerprint density at radius 1 is 1.27 bits per heavy atom. The summed E-state index contributed by atoms with van der Waals surface area (Å²) in [7, 11) is 0. The number of rotatable bonds is 2. The van der Waals surface area contributed by atoms with Crippen molar-refractivity contribution in [1.29, 1.82) is 0 Å². The molecule has 2 rings (SSSR count). The molecule has 2 aromatic rings. The predicted molar refractivity (Wildman–Crippen MR) is 60.7 cm³/mol. The van der Waals surface area contributed by atoms with Crippen molar-refractivity contribution in [2.75, 3.05) is 0 Å². The molecule has 15 heavy (non-hydrogen) atoms. The normalized spacial score (nSPS) is 10.6. The fraction of sp³-hybridized carbons (Fsp3) is 0.273. The van der Waals surface area contributed by atoms with E-state index in [0.29, 0.717) is 0 Å². The van der Waals surface area contributed by atoms with E-state index in [4.69, 9.17) is 5.11 Å². The van der Waals surface area contributed by atoms with Gasteiger partial charge in [-0.2, -0.15) is 0 Å². The number of aliphatic hydroxyl groups excluding tert-OH is 1. The Morgan fingerprint density at radius 3 is 2.67 bits per heavy atom. The van der Waals surface area contributed by atoms with Crippen LogP contribution in [0.25, 0.3) is 10.7 Å². The highest BCUT2D eigenvalue weighted by Crippen LogP contribution is 2.26. The van der Waals surface area contributed by atoms with Crippen LogP contribution in [0.4, 0.5) is 0 Å². The summed E-state index contributed by atoms with van der Waals surface area (Å²) in [6.45, 7) is 4.09. The standard InChI is InChI=1S/C11H12N2OS/c1-7-3-8(2)10(12-4-7)11-13-5-9(6-14)15-11/h3-5,14H,6H2,1-2H3. The highest BCUT2D eigenvalue weighted by atomic mass is 32.1. The molecule has 0 aromatic carbocycles. The zero-order valence-corrected chi connectivity index (χ0v) is 9.51. The Bertz CT molecular complexity index is 479. The van der Waals surface area contributed by atoms with Crippen LogP contribution >= 0.6 is 11.3 Å². The number of thiazole rings is 1. The molecule has 0 radical (unpaired) electrons. The number of aliphatic hydroxyl groups is 1. The van der Waals surface area contributed by atoms with E-state index in [-0.39, 0.29) is 6.61 Å². The molecule has 0 saturated carbocycles. The molecule has 0 atom stereocenters. The summed E-state index contributed by atoms with van der Waals surface area (Å²) in [4.78, 5) is 9.47. The van der Waals surface area contributed by atoms with E-state index < -0.39 is 0 Å². The van der Waals surface area contributed by atoms with Gasteiger partial charge in [-0.25, -0.2) is 4.98 Å². The summed E-state index contributed by atoms with van der Waals surface area (Å²) >= 11 is 1.48. The second kappa shape index (κ2) is 4.08. The minimum atomic E-state index is 0.0442. The maximum atomic E-state index is 8.96. The maximum Gasteiger partial charge on any atom is 0.142 e. The lowest BCUT2D eigenvalue weighted by atomic mass is 10.2. The summed E-state index contributed by atoms with van der Waals surface area (Å²) in [6.07, 6.45) is 3.53. The SMILES string of the molecule is Cc1cnc(-c2ncc(CO)s2)c(C)c1. The molecule has 2 aromatic heterocycles. The largest absolute Gasteiger partial charge is 0.391 e. The fourth-order valence-electron chi connectivity index (χ4n) is 1.43. The number of pyridine rings is 1. The van der Waals surface area contributed by atoms with E-state index in [2.05, 4.69) is 16.0 Å². The minimum Gasteiger partial charge on any atom is -0.391 e. The van der Waals surface area contributed by atoms with Gasteiger partial charge in [-0.1, -0.05) is 6.07 Å². The second-order valence-corrected chi connectivity index (χ2v) is 4.58. The third kappa shape index (κ3) is 2.06. The molecule has 0 aliphatic rings. The molecule has 0 amide bonds. The lowest BCUT2D eigenvalue weighted by Gasteiger charge is -2.01. The third-order valence-corrected chi connectivity index (χ3v) is 3.12. The molecule has 0 aliphatic carbocycles. The van der Waals surface area contributed by atoms with Crippen LogP contribution in [0.5, 0.6) is 0 Å². The van der Waals surface area contributed by atoms with Crippen LogP contribution in [-0.2, 0) is 6.61 Å². The van der Waals surface area contributed by atoms with E-state index in [9.17, 15) is 0 Å². The molecule has 0 spiro atoms. The first kappa shape index (κ1) is 10.3. The second-order valence-electron chi connectivity index (χ2n) is 3.47. The van der Waals surface area contributed by atoms with Gasteiger partial charge in [-0.05, 0) is 25.0 Å². The smallest absolute Gasteiger partial charge is 0.142 e. The van der Waals surface area contributed by atoms with Crippen LogP contribution in [0.1, 0.15) is 16.0 Å². The van der Waals surface area contributed by atoms with Crippen molar-refractivity contribution in [2.45, 2.75) is 20.5 Å². The van der Waals surface area contributed by atoms with Gasteiger partial charge in [0.25, 0.3) is 0 Å². The fourth-order valence-corrected chi connectivity index (χ4v) is 2.26. The molecule has 0 aliphatic heterocycles. The van der Waals surface area contributed by atoms with Gasteiger partial charge in [0.1, 0.15) is 10.7 Å². The molecule has 0 bridgehead atoms. The van der Waals surface area contributed by atoms with Crippen molar-refractivity contribution >= 4 is 11.3 Å². The van der Waals surface area contributed by atoms with Crippen LogP contribution in [-0.4, -0.2) is 15.1 Å². The Labute approximate surface area is 92.5 Å². The van der Waals surface area contributed by atoms with Crippen molar-refractivity contribution in [2.24, 2.45) is 0 Å². The van der Waals surface area contributed by atoms with Crippen molar-refractivity contribution in [3.63, 3.8) is 0 Å². The van der Waals surface area contributed by atoms with E-state index in [0.717, 1.165) is 26.7 Å². The number of aromatic nitrogens is 2. The Balaban J connectivity index is 2.44. The number of hydrogen-bond acceptors (Lipinski definition) is 4. The first-order valence-corrected chi connectivity index (χ1v) is 5.51. The zero-order valence-electron chi connectivity index (χ0n) is 8.69.